The van der Waals surface area contributed by atoms with Gasteiger partial charge < -0.3 is 15.4 Å². The van der Waals surface area contributed by atoms with Gasteiger partial charge in [-0.3, -0.25) is 0 Å². The first-order valence-electron chi connectivity index (χ1n) is 8.00. The van der Waals surface area contributed by atoms with Gasteiger partial charge in [0.25, 0.3) is 0 Å². The van der Waals surface area contributed by atoms with Gasteiger partial charge >= 0.3 is 0 Å². The number of hydrogen-bond donors (Lipinski definition) is 2. The Hall–Kier alpha value is -0.900. The van der Waals surface area contributed by atoms with E-state index in [1.807, 2.05) is 0 Å². The van der Waals surface area contributed by atoms with Gasteiger partial charge in [0.1, 0.15) is 0 Å². The summed E-state index contributed by atoms with van der Waals surface area (Å²) in [6.07, 6.45) is 3.98. The minimum atomic E-state index is 0.468. The second-order valence-corrected chi connectivity index (χ2v) is 6.03. The molecule has 2 atom stereocenters. The number of benzene rings is 1. The van der Waals surface area contributed by atoms with Crippen molar-refractivity contribution in [2.45, 2.75) is 45.4 Å². The van der Waals surface area contributed by atoms with Crippen LogP contribution in [0.15, 0.2) is 18.2 Å². The Labute approximate surface area is 122 Å². The highest BCUT2D eigenvalue weighted by Gasteiger charge is 2.25. The molecule has 3 rings (SSSR count). The van der Waals surface area contributed by atoms with Crippen molar-refractivity contribution in [2.75, 3.05) is 19.7 Å². The zero-order valence-electron chi connectivity index (χ0n) is 12.5. The summed E-state index contributed by atoms with van der Waals surface area (Å²) in [6.45, 7) is 7.35. The fourth-order valence-corrected chi connectivity index (χ4v) is 3.42. The highest BCUT2D eigenvalue weighted by molar-refractivity contribution is 5.33. The molecule has 1 saturated heterocycles. The van der Waals surface area contributed by atoms with Crippen molar-refractivity contribution in [3.8, 4) is 0 Å². The molecule has 3 heteroatoms. The molecule has 1 fully saturated rings. The quantitative estimate of drug-likeness (QED) is 0.864. The lowest BCUT2D eigenvalue weighted by atomic mass is 9.98. The highest BCUT2D eigenvalue weighted by atomic mass is 16.5. The third-order valence-electron chi connectivity index (χ3n) is 4.64. The summed E-state index contributed by atoms with van der Waals surface area (Å²) < 4.78 is 5.74. The van der Waals surface area contributed by atoms with E-state index >= 15 is 0 Å². The van der Waals surface area contributed by atoms with E-state index in [4.69, 9.17) is 4.74 Å². The van der Waals surface area contributed by atoms with E-state index in [1.54, 1.807) is 0 Å². The fourth-order valence-electron chi connectivity index (χ4n) is 3.42. The van der Waals surface area contributed by atoms with Crippen molar-refractivity contribution in [3.63, 3.8) is 0 Å². The van der Waals surface area contributed by atoms with Gasteiger partial charge in [-0.2, -0.15) is 0 Å². The van der Waals surface area contributed by atoms with Gasteiger partial charge in [-0.05, 0) is 48.4 Å². The molecule has 0 aliphatic carbocycles. The van der Waals surface area contributed by atoms with E-state index in [0.29, 0.717) is 12.0 Å². The van der Waals surface area contributed by atoms with Gasteiger partial charge in [0, 0.05) is 26.2 Å². The highest BCUT2D eigenvalue weighted by Crippen LogP contribution is 2.22. The topological polar surface area (TPSA) is 33.3 Å². The van der Waals surface area contributed by atoms with Crippen molar-refractivity contribution < 1.29 is 4.74 Å². The molecular weight excluding hydrogens is 248 g/mol. The monoisotopic (exact) mass is 274 g/mol. The van der Waals surface area contributed by atoms with Crippen molar-refractivity contribution in [1.29, 1.82) is 0 Å². The Morgan fingerprint density at radius 2 is 2.30 bits per heavy atom. The normalized spacial score (nSPS) is 25.6. The van der Waals surface area contributed by atoms with Crippen LogP contribution in [0, 0.1) is 5.92 Å². The summed E-state index contributed by atoms with van der Waals surface area (Å²) in [4.78, 5) is 0. The zero-order chi connectivity index (χ0) is 13.8. The predicted molar refractivity (Wildman–Crippen MR) is 81.7 cm³/mol. The average Bonchev–Trinajstić information content (AvgIpc) is 2.95. The smallest absolute Gasteiger partial charge is 0.0613 e. The van der Waals surface area contributed by atoms with Crippen molar-refractivity contribution in [3.05, 3.63) is 34.9 Å². The van der Waals surface area contributed by atoms with E-state index in [-0.39, 0.29) is 0 Å². The second kappa shape index (κ2) is 6.70. The molecule has 1 aromatic carbocycles. The Bertz CT molecular complexity index is 447. The molecule has 20 heavy (non-hydrogen) atoms. The average molecular weight is 274 g/mol. The summed E-state index contributed by atoms with van der Waals surface area (Å²) >= 11 is 0. The molecule has 2 unspecified atom stereocenters. The minimum absolute atomic E-state index is 0.468. The number of ether oxygens (including phenoxy) is 1. The van der Waals surface area contributed by atoms with E-state index in [2.05, 4.69) is 35.8 Å². The van der Waals surface area contributed by atoms with Crippen molar-refractivity contribution in [2.24, 2.45) is 5.92 Å². The van der Waals surface area contributed by atoms with E-state index in [1.165, 1.54) is 29.5 Å². The molecule has 0 aromatic heterocycles. The van der Waals surface area contributed by atoms with Gasteiger partial charge in [-0.1, -0.05) is 25.1 Å². The van der Waals surface area contributed by atoms with Gasteiger partial charge in [-0.15, -0.1) is 0 Å². The molecule has 110 valence electrons. The summed E-state index contributed by atoms with van der Waals surface area (Å²) in [6, 6.07) is 6.94. The fraction of sp³-hybridized carbons (Fsp3) is 0.647. The van der Waals surface area contributed by atoms with Crippen LogP contribution in [0.4, 0.5) is 0 Å². The summed E-state index contributed by atoms with van der Waals surface area (Å²) in [5.74, 6) is 0.694. The molecule has 0 saturated carbocycles. The maximum absolute atomic E-state index is 5.74. The summed E-state index contributed by atoms with van der Waals surface area (Å²) in [5, 5.41) is 7.06. The standard InChI is InChI=1S/C17H26N2O/c1-2-17-15(6-8-20-17)11-19-10-13-3-4-14-5-7-18-12-16(14)9-13/h3-4,9,15,17-19H,2,5-8,10-12H2,1H3. The molecular formula is C17H26N2O. The number of fused-ring (bicyclic) bond motifs is 1. The number of hydrogen-bond acceptors (Lipinski definition) is 3. The first-order chi connectivity index (χ1) is 9.86. The zero-order valence-corrected chi connectivity index (χ0v) is 12.5. The molecule has 2 aliphatic rings. The van der Waals surface area contributed by atoms with Crippen LogP contribution in [0.5, 0.6) is 0 Å². The van der Waals surface area contributed by atoms with Crippen LogP contribution >= 0.6 is 0 Å². The van der Waals surface area contributed by atoms with Crippen molar-refractivity contribution >= 4 is 0 Å². The van der Waals surface area contributed by atoms with E-state index in [9.17, 15) is 0 Å². The Balaban J connectivity index is 1.51. The molecule has 2 N–H and O–H groups in total. The van der Waals surface area contributed by atoms with Gasteiger partial charge in [-0.25, -0.2) is 0 Å². The minimum Gasteiger partial charge on any atom is -0.378 e. The first-order valence-corrected chi connectivity index (χ1v) is 8.00. The molecule has 3 nitrogen and oxygen atoms in total. The Morgan fingerprint density at radius 3 is 3.20 bits per heavy atom. The van der Waals surface area contributed by atoms with Gasteiger partial charge in [0.2, 0.25) is 0 Å². The van der Waals surface area contributed by atoms with Crippen molar-refractivity contribution in [1.82, 2.24) is 10.6 Å². The third-order valence-corrected chi connectivity index (χ3v) is 4.64. The van der Waals surface area contributed by atoms with Crippen LogP contribution in [0.3, 0.4) is 0 Å². The summed E-state index contributed by atoms with van der Waals surface area (Å²) in [5.41, 5.74) is 4.40. The molecule has 0 amide bonds. The molecule has 1 aromatic rings. The lowest BCUT2D eigenvalue weighted by molar-refractivity contribution is 0.0872. The molecule has 2 aliphatic heterocycles. The largest absolute Gasteiger partial charge is 0.378 e. The van der Waals surface area contributed by atoms with Crippen LogP contribution in [0.1, 0.15) is 36.5 Å². The van der Waals surface area contributed by atoms with Crippen LogP contribution in [-0.4, -0.2) is 25.8 Å². The Kier molecular flexibility index (Phi) is 4.71. The van der Waals surface area contributed by atoms with E-state index in [0.717, 1.165) is 39.2 Å². The van der Waals surface area contributed by atoms with Crippen LogP contribution < -0.4 is 10.6 Å². The predicted octanol–water partition coefficient (Wildman–Crippen LogP) is 2.24. The summed E-state index contributed by atoms with van der Waals surface area (Å²) in [7, 11) is 0. The molecule has 0 spiro atoms. The van der Waals surface area contributed by atoms with Gasteiger partial charge in [0.05, 0.1) is 6.10 Å². The lowest BCUT2D eigenvalue weighted by Gasteiger charge is -2.19. The SMILES string of the molecule is CCC1OCCC1CNCc1ccc2c(c1)CNCC2. The number of nitrogens with one attached hydrogen (secondary N) is 2. The second-order valence-electron chi connectivity index (χ2n) is 6.03. The first kappa shape index (κ1) is 14.1. The number of rotatable bonds is 5. The van der Waals surface area contributed by atoms with Crippen LogP contribution in [0.25, 0.3) is 0 Å². The third kappa shape index (κ3) is 3.22. The van der Waals surface area contributed by atoms with Crippen LogP contribution in [-0.2, 0) is 24.2 Å². The molecule has 0 radical (unpaired) electrons. The van der Waals surface area contributed by atoms with Crippen LogP contribution in [0.2, 0.25) is 0 Å². The molecule has 0 bridgehead atoms. The lowest BCUT2D eigenvalue weighted by Crippen LogP contribution is -2.28. The maximum Gasteiger partial charge on any atom is 0.0613 e. The van der Waals surface area contributed by atoms with E-state index < -0.39 is 0 Å². The Morgan fingerprint density at radius 1 is 1.35 bits per heavy atom. The molecule has 2 heterocycles. The van der Waals surface area contributed by atoms with Gasteiger partial charge in [0.15, 0.2) is 0 Å². The maximum atomic E-state index is 5.74.